The van der Waals surface area contributed by atoms with Crippen molar-refractivity contribution in [2.45, 2.75) is 6.92 Å². The highest BCUT2D eigenvalue weighted by Crippen LogP contribution is 2.23. The maximum atomic E-state index is 11.8. The van der Waals surface area contributed by atoms with Crippen LogP contribution in [0.4, 0.5) is 0 Å². The molecule has 0 saturated carbocycles. The molecule has 1 heterocycles. The van der Waals surface area contributed by atoms with Crippen LogP contribution in [0.25, 0.3) is 21.7 Å². The highest BCUT2D eigenvalue weighted by atomic mass is 16.1. The lowest BCUT2D eigenvalue weighted by Crippen LogP contribution is -2.16. The van der Waals surface area contributed by atoms with E-state index in [1.807, 2.05) is 26.1 Å². The smallest absolute Gasteiger partial charge is 0.251 e. The van der Waals surface area contributed by atoms with Gasteiger partial charge < -0.3 is 4.57 Å². The van der Waals surface area contributed by atoms with Crippen molar-refractivity contribution >= 4 is 21.7 Å². The van der Waals surface area contributed by atoms with E-state index in [1.165, 1.54) is 10.8 Å². The van der Waals surface area contributed by atoms with Gasteiger partial charge >= 0.3 is 0 Å². The number of hydrogen-bond donors (Lipinski definition) is 0. The molecular weight excluding hydrogens is 210 g/mol. The van der Waals surface area contributed by atoms with Crippen LogP contribution in [0, 0.1) is 6.92 Å². The first kappa shape index (κ1) is 10.1. The van der Waals surface area contributed by atoms with Gasteiger partial charge in [-0.1, -0.05) is 24.3 Å². The number of rotatable bonds is 0. The zero-order valence-electron chi connectivity index (χ0n) is 9.90. The molecule has 17 heavy (non-hydrogen) atoms. The molecule has 3 rings (SSSR count). The Morgan fingerprint density at radius 3 is 2.35 bits per heavy atom. The third-order valence-electron chi connectivity index (χ3n) is 3.32. The quantitative estimate of drug-likeness (QED) is 0.537. The Labute approximate surface area is 99.1 Å². The summed E-state index contributed by atoms with van der Waals surface area (Å²) in [5, 5.41) is 3.52. The maximum absolute atomic E-state index is 11.8. The van der Waals surface area contributed by atoms with Gasteiger partial charge in [0.15, 0.2) is 0 Å². The first-order chi connectivity index (χ1) is 8.16. The number of hydrogen-bond acceptors (Lipinski definition) is 1. The highest BCUT2D eigenvalue weighted by Gasteiger charge is 2.04. The molecule has 2 nitrogen and oxygen atoms in total. The van der Waals surface area contributed by atoms with E-state index in [1.54, 1.807) is 10.6 Å². The molecule has 0 unspecified atom stereocenters. The molecule has 3 aromatic rings. The molecule has 0 saturated heterocycles. The molecule has 0 atom stereocenters. The molecule has 0 aliphatic rings. The zero-order valence-corrected chi connectivity index (χ0v) is 9.90. The van der Waals surface area contributed by atoms with Gasteiger partial charge in [-0.3, -0.25) is 4.79 Å². The van der Waals surface area contributed by atoms with Crippen LogP contribution >= 0.6 is 0 Å². The lowest BCUT2D eigenvalue weighted by Gasteiger charge is -2.09. The van der Waals surface area contributed by atoms with Crippen LogP contribution in [0.15, 0.2) is 47.3 Å². The van der Waals surface area contributed by atoms with Crippen molar-refractivity contribution in [2.75, 3.05) is 0 Å². The minimum Gasteiger partial charge on any atom is -0.311 e. The van der Waals surface area contributed by atoms with E-state index >= 15 is 0 Å². The summed E-state index contributed by atoms with van der Waals surface area (Å²) in [7, 11) is 1.82. The lowest BCUT2D eigenvalue weighted by molar-refractivity contribution is 0.904. The molecule has 2 aromatic carbocycles. The second-order valence-electron chi connectivity index (χ2n) is 4.44. The fraction of sp³-hybridized carbons (Fsp3) is 0.133. The minimum absolute atomic E-state index is 0.0466. The Balaban J connectivity index is 2.60. The van der Waals surface area contributed by atoms with Crippen LogP contribution < -0.4 is 5.56 Å². The van der Waals surface area contributed by atoms with Crippen molar-refractivity contribution in [1.82, 2.24) is 4.57 Å². The summed E-state index contributed by atoms with van der Waals surface area (Å²) in [5.41, 5.74) is 2.08. The first-order valence-corrected chi connectivity index (χ1v) is 5.66. The molecule has 0 radical (unpaired) electrons. The van der Waals surface area contributed by atoms with Crippen molar-refractivity contribution in [3.63, 3.8) is 0 Å². The van der Waals surface area contributed by atoms with Crippen LogP contribution in [-0.2, 0) is 7.05 Å². The van der Waals surface area contributed by atoms with Crippen LogP contribution in [-0.4, -0.2) is 4.57 Å². The number of nitrogens with zero attached hydrogens (tertiary/aromatic N) is 1. The predicted octanol–water partition coefficient (Wildman–Crippen LogP) is 3.00. The average molecular weight is 223 g/mol. The van der Waals surface area contributed by atoms with Gasteiger partial charge in [0, 0.05) is 18.5 Å². The van der Waals surface area contributed by atoms with E-state index in [0.717, 1.165) is 16.5 Å². The van der Waals surface area contributed by atoms with E-state index in [2.05, 4.69) is 24.3 Å². The molecule has 0 bridgehead atoms. The van der Waals surface area contributed by atoms with Gasteiger partial charge in [-0.05, 0) is 35.4 Å². The van der Waals surface area contributed by atoms with Gasteiger partial charge in [0.05, 0.1) is 5.52 Å². The molecule has 0 N–H and O–H groups in total. The standard InChI is InChI=1S/C15H13NO/c1-10-7-15(17)16(2)14-9-12-6-4-3-5-11(12)8-13(10)14/h3-9H,1-2H3. The summed E-state index contributed by atoms with van der Waals surface area (Å²) < 4.78 is 1.70. The Morgan fingerprint density at radius 2 is 1.65 bits per heavy atom. The summed E-state index contributed by atoms with van der Waals surface area (Å²) in [4.78, 5) is 11.8. The van der Waals surface area contributed by atoms with Crippen LogP contribution in [0.5, 0.6) is 0 Å². The van der Waals surface area contributed by atoms with E-state index in [9.17, 15) is 4.79 Å². The summed E-state index contributed by atoms with van der Waals surface area (Å²) in [5.74, 6) is 0. The second kappa shape index (κ2) is 3.45. The molecule has 1 aromatic heterocycles. The van der Waals surface area contributed by atoms with Gasteiger partial charge in [0.2, 0.25) is 0 Å². The van der Waals surface area contributed by atoms with Gasteiger partial charge in [0.25, 0.3) is 5.56 Å². The molecule has 2 heteroatoms. The molecular formula is C15H13NO. The fourth-order valence-electron chi connectivity index (χ4n) is 2.30. The summed E-state index contributed by atoms with van der Waals surface area (Å²) in [6.07, 6.45) is 0. The summed E-state index contributed by atoms with van der Waals surface area (Å²) in [6, 6.07) is 14.1. The monoisotopic (exact) mass is 223 g/mol. The summed E-state index contributed by atoms with van der Waals surface area (Å²) in [6.45, 7) is 1.98. The SMILES string of the molecule is Cc1cc(=O)n(C)c2cc3ccccc3cc12. The maximum Gasteiger partial charge on any atom is 0.251 e. The molecule has 0 amide bonds. The number of benzene rings is 2. The molecule has 0 spiro atoms. The largest absolute Gasteiger partial charge is 0.311 e. The second-order valence-corrected chi connectivity index (χ2v) is 4.44. The predicted molar refractivity (Wildman–Crippen MR) is 71.4 cm³/mol. The van der Waals surface area contributed by atoms with Gasteiger partial charge in [-0.15, -0.1) is 0 Å². The number of aryl methyl sites for hydroxylation is 2. The van der Waals surface area contributed by atoms with Crippen molar-refractivity contribution in [3.8, 4) is 0 Å². The molecule has 0 fully saturated rings. The van der Waals surface area contributed by atoms with Crippen LogP contribution in [0.3, 0.4) is 0 Å². The van der Waals surface area contributed by atoms with Crippen molar-refractivity contribution < 1.29 is 0 Å². The van der Waals surface area contributed by atoms with E-state index < -0.39 is 0 Å². The number of pyridine rings is 1. The Hall–Kier alpha value is -2.09. The molecule has 0 aliphatic heterocycles. The van der Waals surface area contributed by atoms with Crippen molar-refractivity contribution in [2.24, 2.45) is 7.05 Å². The van der Waals surface area contributed by atoms with E-state index in [4.69, 9.17) is 0 Å². The topological polar surface area (TPSA) is 22.0 Å². The normalized spacial score (nSPS) is 11.2. The number of aromatic nitrogens is 1. The Bertz CT molecular complexity index is 784. The average Bonchev–Trinajstić information content (AvgIpc) is 2.34. The van der Waals surface area contributed by atoms with Gasteiger partial charge in [-0.25, -0.2) is 0 Å². The van der Waals surface area contributed by atoms with Crippen LogP contribution in [0.2, 0.25) is 0 Å². The Kier molecular flexibility index (Phi) is 2.05. The third-order valence-corrected chi connectivity index (χ3v) is 3.32. The molecule has 84 valence electrons. The fourth-order valence-corrected chi connectivity index (χ4v) is 2.30. The van der Waals surface area contributed by atoms with Crippen LogP contribution in [0.1, 0.15) is 5.56 Å². The Morgan fingerprint density at radius 1 is 1.00 bits per heavy atom. The zero-order chi connectivity index (χ0) is 12.0. The van der Waals surface area contributed by atoms with Crippen molar-refractivity contribution in [3.05, 3.63) is 58.4 Å². The van der Waals surface area contributed by atoms with E-state index in [0.29, 0.717) is 0 Å². The number of fused-ring (bicyclic) bond motifs is 2. The first-order valence-electron chi connectivity index (χ1n) is 5.66. The van der Waals surface area contributed by atoms with Crippen molar-refractivity contribution in [1.29, 1.82) is 0 Å². The van der Waals surface area contributed by atoms with Gasteiger partial charge in [-0.2, -0.15) is 0 Å². The van der Waals surface area contributed by atoms with E-state index in [-0.39, 0.29) is 5.56 Å². The summed E-state index contributed by atoms with van der Waals surface area (Å²) >= 11 is 0. The molecule has 0 aliphatic carbocycles. The highest BCUT2D eigenvalue weighted by molar-refractivity contribution is 5.97. The lowest BCUT2D eigenvalue weighted by atomic mass is 10.0. The third kappa shape index (κ3) is 1.45. The van der Waals surface area contributed by atoms with Gasteiger partial charge in [0.1, 0.15) is 0 Å². The minimum atomic E-state index is 0.0466.